The van der Waals surface area contributed by atoms with Crippen LogP contribution in [0.1, 0.15) is 0 Å². The normalized spacial score (nSPS) is 13.1. The molecule has 0 N–H and O–H groups in total. The van der Waals surface area contributed by atoms with Crippen LogP contribution in [-0.4, -0.2) is 8.07 Å². The average molecular weight is 987 g/mol. The minimum atomic E-state index is -3.16. The summed E-state index contributed by atoms with van der Waals surface area (Å²) in [6.07, 6.45) is 0. The van der Waals surface area contributed by atoms with E-state index >= 15 is 0 Å². The lowest BCUT2D eigenvalue weighted by molar-refractivity contribution is 1.26. The smallest absolute Gasteiger partial charge is 0.184 e. The molecule has 2 nitrogen and oxygen atoms in total. The summed E-state index contributed by atoms with van der Waals surface area (Å²) in [5, 5.41) is 13.4. The highest BCUT2D eigenvalue weighted by Crippen LogP contribution is 2.48. The summed E-state index contributed by atoms with van der Waals surface area (Å²) in [4.78, 5) is 5.05. The van der Waals surface area contributed by atoms with Gasteiger partial charge in [-0.1, -0.05) is 176 Å². The van der Waals surface area contributed by atoms with Gasteiger partial charge in [-0.2, -0.15) is 0 Å². The summed E-state index contributed by atoms with van der Waals surface area (Å²) in [5.41, 5.74) is 9.33. The summed E-state index contributed by atoms with van der Waals surface area (Å²) in [6, 6.07) is 96.0. The summed E-state index contributed by atoms with van der Waals surface area (Å²) < 4.78 is 7.85. The van der Waals surface area contributed by atoms with Gasteiger partial charge in [-0.05, 0) is 111 Å². The Bertz CT molecular complexity index is 4310. The first-order valence-electron chi connectivity index (χ1n) is 24.5. The van der Waals surface area contributed by atoms with Crippen LogP contribution >= 0.6 is 34.0 Å². The van der Waals surface area contributed by atoms with Gasteiger partial charge >= 0.3 is 0 Å². The van der Waals surface area contributed by atoms with Crippen LogP contribution < -0.4 is 30.5 Å². The largest absolute Gasteiger partial charge is 0.311 e. The number of fused-ring (bicyclic) bond motifs is 11. The van der Waals surface area contributed by atoms with Gasteiger partial charge < -0.3 is 9.80 Å². The fraction of sp³-hybridized carbons (Fsp3) is 0. The maximum atomic E-state index is 2.57. The Balaban J connectivity index is 1.04. The van der Waals surface area contributed by atoms with Gasteiger partial charge in [0.25, 0.3) is 0 Å². The van der Waals surface area contributed by atoms with Crippen molar-refractivity contribution in [3.05, 3.63) is 255 Å². The first-order valence-corrected chi connectivity index (χ1v) is 28.9. The molecule has 1 aliphatic heterocycles. The molecule has 4 heterocycles. The Kier molecular flexibility index (Phi) is 9.54. The lowest BCUT2D eigenvalue weighted by Crippen LogP contribution is -2.77. The Morgan fingerprint density at radius 2 is 0.819 bits per heavy atom. The second kappa shape index (κ2) is 16.5. The van der Waals surface area contributed by atoms with Gasteiger partial charge in [-0.15, -0.1) is 34.0 Å². The van der Waals surface area contributed by atoms with Crippen molar-refractivity contribution in [2.24, 2.45) is 0 Å². The summed E-state index contributed by atoms with van der Waals surface area (Å²) in [6.45, 7) is 0. The number of thiophene rings is 3. The number of anilines is 6. The van der Waals surface area contributed by atoms with Crippen LogP contribution in [0.15, 0.2) is 255 Å². The number of benzene rings is 11. The van der Waals surface area contributed by atoms with E-state index in [4.69, 9.17) is 0 Å². The Morgan fingerprint density at radius 1 is 0.319 bits per heavy atom. The van der Waals surface area contributed by atoms with E-state index in [9.17, 15) is 0 Å². The fourth-order valence-electron chi connectivity index (χ4n) is 11.8. The molecule has 11 aromatic carbocycles. The van der Waals surface area contributed by atoms with Crippen LogP contribution in [0.3, 0.4) is 0 Å². The molecular formula is C66H42N2S3Si. The van der Waals surface area contributed by atoms with E-state index in [1.165, 1.54) is 104 Å². The predicted octanol–water partition coefficient (Wildman–Crippen LogP) is 17.1. The minimum absolute atomic E-state index is 1.11. The molecule has 0 amide bonds. The minimum Gasteiger partial charge on any atom is -0.311 e. The predicted molar refractivity (Wildman–Crippen MR) is 317 cm³/mol. The Hall–Kier alpha value is -8.10. The number of hydrogen-bond acceptors (Lipinski definition) is 5. The third-order valence-electron chi connectivity index (χ3n) is 14.9. The maximum absolute atomic E-state index is 3.16. The number of hydrogen-bond donors (Lipinski definition) is 0. The standard InChI is InChI=1S/C66H42N2S3Si/c1-3-16-43(17-4-1)44-30-32-46(33-31-44)67(57-25-15-23-55-52-22-9-13-28-61(52)71-66(55)57)47-34-39-65-58(40-47)68(45-18-5-2-6-19-45)56-24-10-14-29-64(56)72(65,48-35-37-53-50-20-7-11-26-59(50)69-62(53)41-48)49-36-38-54-51-21-8-12-27-60(51)70-63(54)42-49/h1-42H. The zero-order valence-electron chi connectivity index (χ0n) is 38.9. The second-order valence-electron chi connectivity index (χ2n) is 18.8. The highest BCUT2D eigenvalue weighted by atomic mass is 32.1. The molecule has 0 saturated heterocycles. The monoisotopic (exact) mass is 986 g/mol. The van der Waals surface area contributed by atoms with Crippen LogP contribution in [0.4, 0.5) is 34.1 Å². The molecule has 0 fully saturated rings. The van der Waals surface area contributed by atoms with E-state index in [2.05, 4.69) is 265 Å². The van der Waals surface area contributed by atoms with Crippen molar-refractivity contribution in [3.8, 4) is 11.1 Å². The molecule has 0 radical (unpaired) electrons. The van der Waals surface area contributed by atoms with Gasteiger partial charge in [0.2, 0.25) is 0 Å². The molecule has 0 aliphatic carbocycles. The topological polar surface area (TPSA) is 6.48 Å². The molecular weight excluding hydrogens is 945 g/mol. The zero-order valence-corrected chi connectivity index (χ0v) is 42.3. The van der Waals surface area contributed by atoms with Gasteiger partial charge in [-0.3, -0.25) is 0 Å². The quantitative estimate of drug-likeness (QED) is 0.147. The highest BCUT2D eigenvalue weighted by Gasteiger charge is 2.49. The molecule has 14 aromatic rings. The molecule has 1 aliphatic rings. The lowest BCUT2D eigenvalue weighted by Gasteiger charge is -2.45. The van der Waals surface area contributed by atoms with Crippen molar-refractivity contribution < 1.29 is 0 Å². The molecule has 338 valence electrons. The van der Waals surface area contributed by atoms with E-state index < -0.39 is 8.07 Å². The third kappa shape index (κ3) is 6.30. The van der Waals surface area contributed by atoms with Gasteiger partial charge in [0.05, 0.1) is 10.4 Å². The van der Waals surface area contributed by atoms with E-state index in [1.54, 1.807) is 0 Å². The SMILES string of the molecule is c1ccc(-c2ccc(N(c3ccc4c(c3)N(c3ccccc3)c3ccccc3[Si]4(c3ccc4c(c3)sc3ccccc34)c3ccc4c(c3)sc3ccccc34)c3cccc4c3sc3ccccc34)cc2)cc1. The van der Waals surface area contributed by atoms with Crippen molar-refractivity contribution in [1.29, 1.82) is 0 Å². The van der Waals surface area contributed by atoms with E-state index in [1.807, 2.05) is 34.0 Å². The summed E-state index contributed by atoms with van der Waals surface area (Å²) in [5.74, 6) is 0. The third-order valence-corrected chi connectivity index (χ3v) is 23.2. The highest BCUT2D eigenvalue weighted by molar-refractivity contribution is 7.28. The molecule has 0 unspecified atom stereocenters. The van der Waals surface area contributed by atoms with E-state index in [-0.39, 0.29) is 0 Å². The average Bonchev–Trinajstić information content (AvgIpc) is 4.14. The Morgan fingerprint density at radius 3 is 1.49 bits per heavy atom. The summed E-state index contributed by atoms with van der Waals surface area (Å²) >= 11 is 5.70. The van der Waals surface area contributed by atoms with Crippen molar-refractivity contribution in [2.45, 2.75) is 0 Å². The van der Waals surface area contributed by atoms with Gasteiger partial charge in [0, 0.05) is 84.3 Å². The van der Waals surface area contributed by atoms with Gasteiger partial charge in [0.1, 0.15) is 0 Å². The van der Waals surface area contributed by atoms with Crippen LogP contribution in [0.5, 0.6) is 0 Å². The molecule has 0 spiro atoms. The van der Waals surface area contributed by atoms with Crippen molar-refractivity contribution >= 4 is 157 Å². The first-order chi connectivity index (χ1) is 35.7. The van der Waals surface area contributed by atoms with E-state index in [0.29, 0.717) is 0 Å². The van der Waals surface area contributed by atoms with Crippen molar-refractivity contribution in [2.75, 3.05) is 9.80 Å². The Labute approximate surface area is 430 Å². The molecule has 0 atom stereocenters. The van der Waals surface area contributed by atoms with Crippen LogP contribution in [-0.2, 0) is 0 Å². The van der Waals surface area contributed by atoms with Crippen LogP contribution in [0.25, 0.3) is 71.6 Å². The molecule has 72 heavy (non-hydrogen) atoms. The second-order valence-corrected chi connectivity index (χ2v) is 25.7. The van der Waals surface area contributed by atoms with Crippen molar-refractivity contribution in [1.82, 2.24) is 0 Å². The van der Waals surface area contributed by atoms with Gasteiger partial charge in [-0.25, -0.2) is 0 Å². The first kappa shape index (κ1) is 41.7. The zero-order chi connectivity index (χ0) is 47.3. The number of rotatable bonds is 7. The maximum Gasteiger partial charge on any atom is 0.184 e. The van der Waals surface area contributed by atoms with E-state index in [0.717, 1.165) is 22.7 Å². The lowest BCUT2D eigenvalue weighted by atomic mass is 10.0. The van der Waals surface area contributed by atoms with Crippen LogP contribution in [0, 0.1) is 0 Å². The summed E-state index contributed by atoms with van der Waals surface area (Å²) in [7, 11) is -3.16. The molecule has 6 heteroatoms. The molecule has 0 bridgehead atoms. The van der Waals surface area contributed by atoms with Crippen LogP contribution in [0.2, 0.25) is 0 Å². The van der Waals surface area contributed by atoms with Gasteiger partial charge in [0.15, 0.2) is 8.07 Å². The molecule has 15 rings (SSSR count). The number of para-hydroxylation sites is 2. The number of nitrogens with zero attached hydrogens (tertiary/aromatic N) is 2. The molecule has 3 aromatic heterocycles. The van der Waals surface area contributed by atoms with Crippen molar-refractivity contribution in [3.63, 3.8) is 0 Å². The fourth-order valence-corrected chi connectivity index (χ4v) is 20.5. The molecule has 0 saturated carbocycles.